The molecule has 0 atom stereocenters. The molecule has 0 saturated carbocycles. The minimum Gasteiger partial charge on any atom is -0.480 e. The Hall–Kier alpha value is -3.10. The van der Waals surface area contributed by atoms with Crippen molar-refractivity contribution in [1.29, 1.82) is 0 Å². The van der Waals surface area contributed by atoms with Gasteiger partial charge in [-0.3, -0.25) is 14.3 Å². The smallest absolute Gasteiger partial charge is 0.416 e. The fourth-order valence-corrected chi connectivity index (χ4v) is 2.36. The molecular weight excluding hydrogens is 327 g/mol. The van der Waals surface area contributed by atoms with Crippen LogP contribution >= 0.6 is 0 Å². The minimum absolute atomic E-state index is 0.164. The van der Waals surface area contributed by atoms with E-state index in [0.29, 0.717) is 5.56 Å². The van der Waals surface area contributed by atoms with Crippen LogP contribution in [0.4, 0.5) is 13.2 Å². The molecule has 0 unspecified atom stereocenters. The second-order valence-corrected chi connectivity index (χ2v) is 5.08. The molecule has 2 heterocycles. The van der Waals surface area contributed by atoms with E-state index in [-0.39, 0.29) is 16.7 Å². The molecule has 2 N–H and O–H groups in total. The van der Waals surface area contributed by atoms with Gasteiger partial charge in [-0.25, -0.2) is 9.78 Å². The maximum atomic E-state index is 12.8. The van der Waals surface area contributed by atoms with E-state index in [0.717, 1.165) is 16.7 Å². The van der Waals surface area contributed by atoms with Gasteiger partial charge in [0.2, 0.25) is 0 Å². The summed E-state index contributed by atoms with van der Waals surface area (Å²) in [6.45, 7) is -0.577. The third-order valence-corrected chi connectivity index (χ3v) is 3.45. The van der Waals surface area contributed by atoms with Crippen LogP contribution in [0.5, 0.6) is 0 Å². The first-order chi connectivity index (χ1) is 11.3. The Morgan fingerprint density at radius 2 is 2.00 bits per heavy atom. The Kier molecular flexibility index (Phi) is 3.63. The molecule has 0 radical (unpaired) electrons. The van der Waals surface area contributed by atoms with Gasteiger partial charge in [-0.2, -0.15) is 13.2 Å². The van der Waals surface area contributed by atoms with Gasteiger partial charge in [0.25, 0.3) is 0 Å². The number of alkyl halides is 3. The van der Waals surface area contributed by atoms with Gasteiger partial charge in [0.1, 0.15) is 6.54 Å². The number of H-pyrrole nitrogens is 1. The van der Waals surface area contributed by atoms with E-state index in [9.17, 15) is 22.8 Å². The van der Waals surface area contributed by atoms with Crippen LogP contribution in [0.15, 0.2) is 41.3 Å². The van der Waals surface area contributed by atoms with Crippen molar-refractivity contribution in [2.24, 2.45) is 0 Å². The van der Waals surface area contributed by atoms with Crippen LogP contribution in [0, 0.1) is 0 Å². The first-order valence-corrected chi connectivity index (χ1v) is 6.73. The van der Waals surface area contributed by atoms with Crippen molar-refractivity contribution in [1.82, 2.24) is 14.5 Å². The highest BCUT2D eigenvalue weighted by atomic mass is 19.4. The SMILES string of the molecule is O=C(O)Cn1c(=O)[nH]c2ncc(-c3cccc(C(F)(F)F)c3)cc21. The summed E-state index contributed by atoms with van der Waals surface area (Å²) in [5, 5.41) is 8.86. The molecular formula is C15H10F3N3O3. The van der Waals surface area contributed by atoms with Gasteiger partial charge in [0.15, 0.2) is 5.65 Å². The van der Waals surface area contributed by atoms with Crippen LogP contribution in [0.1, 0.15) is 5.56 Å². The van der Waals surface area contributed by atoms with Crippen LogP contribution in [-0.4, -0.2) is 25.6 Å². The maximum Gasteiger partial charge on any atom is 0.416 e. The lowest BCUT2D eigenvalue weighted by molar-refractivity contribution is -0.138. The van der Waals surface area contributed by atoms with E-state index >= 15 is 0 Å². The van der Waals surface area contributed by atoms with E-state index in [2.05, 4.69) is 9.97 Å². The lowest BCUT2D eigenvalue weighted by atomic mass is 10.0. The number of fused-ring (bicyclic) bond motifs is 1. The van der Waals surface area contributed by atoms with E-state index in [4.69, 9.17) is 5.11 Å². The monoisotopic (exact) mass is 337 g/mol. The van der Waals surface area contributed by atoms with Crippen molar-refractivity contribution in [2.75, 3.05) is 0 Å². The molecule has 0 saturated heterocycles. The minimum atomic E-state index is -4.48. The summed E-state index contributed by atoms with van der Waals surface area (Å²) in [6.07, 6.45) is -3.16. The van der Waals surface area contributed by atoms with E-state index in [1.807, 2.05) is 0 Å². The zero-order chi connectivity index (χ0) is 17.5. The molecule has 0 amide bonds. The number of nitrogens with one attached hydrogen (secondary N) is 1. The third-order valence-electron chi connectivity index (χ3n) is 3.45. The number of halogens is 3. The zero-order valence-corrected chi connectivity index (χ0v) is 12.0. The van der Waals surface area contributed by atoms with Gasteiger partial charge >= 0.3 is 17.8 Å². The number of carbonyl (C=O) groups is 1. The summed E-state index contributed by atoms with van der Waals surface area (Å²) < 4.78 is 39.4. The highest BCUT2D eigenvalue weighted by molar-refractivity contribution is 5.80. The van der Waals surface area contributed by atoms with Gasteiger partial charge in [0, 0.05) is 11.8 Å². The van der Waals surface area contributed by atoms with Crippen LogP contribution < -0.4 is 5.69 Å². The number of aromatic nitrogens is 3. The van der Waals surface area contributed by atoms with Crippen LogP contribution in [-0.2, 0) is 17.5 Å². The molecule has 9 heteroatoms. The number of rotatable bonds is 3. The fraction of sp³-hybridized carbons (Fsp3) is 0.133. The number of aliphatic carboxylic acids is 1. The zero-order valence-electron chi connectivity index (χ0n) is 12.0. The first kappa shape index (κ1) is 15.8. The summed E-state index contributed by atoms with van der Waals surface area (Å²) in [7, 11) is 0. The second kappa shape index (κ2) is 5.52. The number of imidazole rings is 1. The fourth-order valence-electron chi connectivity index (χ4n) is 2.36. The first-order valence-electron chi connectivity index (χ1n) is 6.73. The van der Waals surface area contributed by atoms with E-state index < -0.39 is 29.9 Å². The average Bonchev–Trinajstić information content (AvgIpc) is 2.81. The molecule has 3 rings (SSSR count). The summed E-state index contributed by atoms with van der Waals surface area (Å²) >= 11 is 0. The van der Waals surface area contributed by atoms with Crippen LogP contribution in [0.25, 0.3) is 22.3 Å². The third kappa shape index (κ3) is 2.87. The highest BCUT2D eigenvalue weighted by Gasteiger charge is 2.30. The quantitative estimate of drug-likeness (QED) is 0.769. The van der Waals surface area contributed by atoms with Crippen molar-refractivity contribution in [3.8, 4) is 11.1 Å². The van der Waals surface area contributed by atoms with Crippen molar-refractivity contribution in [3.05, 3.63) is 52.6 Å². The molecule has 0 spiro atoms. The number of hydrogen-bond acceptors (Lipinski definition) is 3. The van der Waals surface area contributed by atoms with Gasteiger partial charge in [-0.05, 0) is 23.8 Å². The average molecular weight is 337 g/mol. The predicted molar refractivity (Wildman–Crippen MR) is 78.4 cm³/mol. The van der Waals surface area contributed by atoms with Gasteiger partial charge in [-0.15, -0.1) is 0 Å². The normalized spacial score (nSPS) is 11.8. The standard InChI is InChI=1S/C15H10F3N3O3/c16-15(17,18)10-3-1-2-8(4-10)9-5-11-13(19-6-9)20-14(24)21(11)7-12(22)23/h1-6H,7H2,(H,22,23)(H,19,20,24). The van der Waals surface area contributed by atoms with Crippen LogP contribution in [0.2, 0.25) is 0 Å². The number of aromatic amines is 1. The predicted octanol–water partition coefficient (Wildman–Crippen LogP) is 2.50. The molecule has 3 aromatic rings. The molecule has 124 valence electrons. The number of carboxylic acid groups (broad SMARTS) is 1. The number of hydrogen-bond donors (Lipinski definition) is 2. The number of pyridine rings is 1. The van der Waals surface area contributed by atoms with E-state index in [1.54, 1.807) is 0 Å². The number of nitrogens with zero attached hydrogens (tertiary/aromatic N) is 2. The molecule has 1 aromatic carbocycles. The summed E-state index contributed by atoms with van der Waals surface area (Å²) in [4.78, 5) is 29.0. The Bertz CT molecular complexity index is 989. The molecule has 24 heavy (non-hydrogen) atoms. The van der Waals surface area contributed by atoms with Crippen molar-refractivity contribution < 1.29 is 23.1 Å². The Labute approximate surface area is 132 Å². The van der Waals surface area contributed by atoms with Crippen molar-refractivity contribution in [2.45, 2.75) is 12.7 Å². The molecule has 0 bridgehead atoms. The van der Waals surface area contributed by atoms with E-state index in [1.165, 1.54) is 24.4 Å². The number of carboxylic acids is 1. The van der Waals surface area contributed by atoms with Crippen LogP contribution in [0.3, 0.4) is 0 Å². The van der Waals surface area contributed by atoms with Gasteiger partial charge in [-0.1, -0.05) is 12.1 Å². The Morgan fingerprint density at radius 1 is 1.25 bits per heavy atom. The Morgan fingerprint density at radius 3 is 2.67 bits per heavy atom. The maximum absolute atomic E-state index is 12.8. The highest BCUT2D eigenvalue weighted by Crippen LogP contribution is 2.32. The topological polar surface area (TPSA) is 88.0 Å². The molecule has 0 aliphatic rings. The molecule has 6 nitrogen and oxygen atoms in total. The van der Waals surface area contributed by atoms with Crippen molar-refractivity contribution in [3.63, 3.8) is 0 Å². The lowest BCUT2D eigenvalue weighted by Crippen LogP contribution is -2.21. The summed E-state index contributed by atoms with van der Waals surface area (Å²) in [6, 6.07) is 6.09. The second-order valence-electron chi connectivity index (χ2n) is 5.08. The van der Waals surface area contributed by atoms with Gasteiger partial charge in [0.05, 0.1) is 11.1 Å². The molecule has 0 aliphatic carbocycles. The molecule has 0 aliphatic heterocycles. The largest absolute Gasteiger partial charge is 0.480 e. The lowest BCUT2D eigenvalue weighted by Gasteiger charge is -2.09. The van der Waals surface area contributed by atoms with Gasteiger partial charge < -0.3 is 5.11 Å². The summed E-state index contributed by atoms with van der Waals surface area (Å²) in [5.74, 6) is -1.22. The summed E-state index contributed by atoms with van der Waals surface area (Å²) in [5.41, 5.74) is -0.492. The number of benzene rings is 1. The molecule has 0 fully saturated rings. The molecule has 2 aromatic heterocycles. The Balaban J connectivity index is 2.14. The van der Waals surface area contributed by atoms with Crippen molar-refractivity contribution >= 4 is 17.1 Å².